The lowest BCUT2D eigenvalue weighted by atomic mass is 10.2. The Morgan fingerprint density at radius 3 is 2.70 bits per heavy atom. The first-order valence-electron chi connectivity index (χ1n) is 6.46. The van der Waals surface area contributed by atoms with Gasteiger partial charge >= 0.3 is 0 Å². The van der Waals surface area contributed by atoms with Crippen LogP contribution < -0.4 is 15.8 Å². The molecule has 0 atom stereocenters. The number of halogens is 1. The molecule has 0 bridgehead atoms. The van der Waals surface area contributed by atoms with Crippen LogP contribution in [-0.4, -0.2) is 11.1 Å². The van der Waals surface area contributed by atoms with E-state index in [1.165, 1.54) is 6.07 Å². The number of anilines is 2. The monoisotopic (exact) mass is 275 g/mol. The molecule has 0 aliphatic rings. The fourth-order valence-electron chi connectivity index (χ4n) is 1.69. The SMILES string of the molecule is CC(C)Oc1nc(NCc2ccccc2F)ccc1N. The van der Waals surface area contributed by atoms with Crippen molar-refractivity contribution in [2.75, 3.05) is 11.1 Å². The van der Waals surface area contributed by atoms with Gasteiger partial charge in [0.05, 0.1) is 11.8 Å². The van der Waals surface area contributed by atoms with Crippen molar-refractivity contribution in [2.45, 2.75) is 26.5 Å². The predicted octanol–water partition coefficient (Wildman–Crippen LogP) is 3.20. The first kappa shape index (κ1) is 14.1. The Morgan fingerprint density at radius 1 is 1.25 bits per heavy atom. The van der Waals surface area contributed by atoms with Crippen LogP contribution in [0.25, 0.3) is 0 Å². The summed E-state index contributed by atoms with van der Waals surface area (Å²) in [7, 11) is 0. The number of rotatable bonds is 5. The summed E-state index contributed by atoms with van der Waals surface area (Å²) in [6.07, 6.45) is -0.00776. The van der Waals surface area contributed by atoms with E-state index >= 15 is 0 Å². The lowest BCUT2D eigenvalue weighted by Gasteiger charge is -2.13. The van der Waals surface area contributed by atoms with Gasteiger partial charge in [0, 0.05) is 12.1 Å². The third-order valence-corrected chi connectivity index (χ3v) is 2.65. The normalized spacial score (nSPS) is 10.6. The zero-order chi connectivity index (χ0) is 14.5. The molecule has 0 saturated carbocycles. The molecule has 0 aliphatic heterocycles. The lowest BCUT2D eigenvalue weighted by molar-refractivity contribution is 0.234. The molecule has 20 heavy (non-hydrogen) atoms. The Kier molecular flexibility index (Phi) is 4.40. The molecule has 106 valence electrons. The molecule has 4 nitrogen and oxygen atoms in total. The Morgan fingerprint density at radius 2 is 2.00 bits per heavy atom. The number of nitrogen functional groups attached to an aromatic ring is 1. The van der Waals surface area contributed by atoms with Gasteiger partial charge in [-0.15, -0.1) is 0 Å². The predicted molar refractivity (Wildman–Crippen MR) is 78.1 cm³/mol. The van der Waals surface area contributed by atoms with E-state index in [0.29, 0.717) is 29.5 Å². The minimum Gasteiger partial charge on any atom is -0.473 e. The van der Waals surface area contributed by atoms with Gasteiger partial charge in [0.2, 0.25) is 5.88 Å². The van der Waals surface area contributed by atoms with Crippen LogP contribution in [0.15, 0.2) is 36.4 Å². The summed E-state index contributed by atoms with van der Waals surface area (Å²) in [4.78, 5) is 4.28. The summed E-state index contributed by atoms with van der Waals surface area (Å²) in [5.74, 6) is 0.741. The second-order valence-electron chi connectivity index (χ2n) is 4.70. The van der Waals surface area contributed by atoms with E-state index in [2.05, 4.69) is 10.3 Å². The maximum atomic E-state index is 13.5. The second kappa shape index (κ2) is 6.23. The second-order valence-corrected chi connectivity index (χ2v) is 4.70. The Bertz CT molecular complexity index is 587. The summed E-state index contributed by atoms with van der Waals surface area (Å²) in [6.45, 7) is 4.16. The van der Waals surface area contributed by atoms with Gasteiger partial charge in [-0.25, -0.2) is 4.39 Å². The Balaban J connectivity index is 2.08. The molecule has 0 aliphatic carbocycles. The maximum absolute atomic E-state index is 13.5. The van der Waals surface area contributed by atoms with E-state index in [0.717, 1.165) is 0 Å². The van der Waals surface area contributed by atoms with Gasteiger partial charge in [0.25, 0.3) is 0 Å². The van der Waals surface area contributed by atoms with Crippen molar-refractivity contribution in [1.29, 1.82) is 0 Å². The Hall–Kier alpha value is -2.30. The number of aromatic nitrogens is 1. The molecular weight excluding hydrogens is 257 g/mol. The average Bonchev–Trinajstić information content (AvgIpc) is 2.40. The molecule has 1 heterocycles. The highest BCUT2D eigenvalue weighted by Gasteiger charge is 2.07. The molecule has 2 rings (SSSR count). The smallest absolute Gasteiger partial charge is 0.239 e. The van der Waals surface area contributed by atoms with Crippen LogP contribution in [0.3, 0.4) is 0 Å². The van der Waals surface area contributed by atoms with Crippen LogP contribution in [0.1, 0.15) is 19.4 Å². The average molecular weight is 275 g/mol. The first-order valence-corrected chi connectivity index (χ1v) is 6.46. The standard InChI is InChI=1S/C15H18FN3O/c1-10(2)20-15-13(17)7-8-14(19-15)18-9-11-5-3-4-6-12(11)16/h3-8,10H,9,17H2,1-2H3,(H,18,19). The summed E-state index contributed by atoms with van der Waals surface area (Å²) >= 11 is 0. The van der Waals surface area contributed by atoms with Gasteiger partial charge in [0.1, 0.15) is 11.6 Å². The topological polar surface area (TPSA) is 60.2 Å². The molecule has 0 spiro atoms. The molecule has 2 aromatic rings. The van der Waals surface area contributed by atoms with Crippen molar-refractivity contribution in [1.82, 2.24) is 4.98 Å². The highest BCUT2D eigenvalue weighted by Crippen LogP contribution is 2.22. The van der Waals surface area contributed by atoms with Crippen LogP contribution in [0.2, 0.25) is 0 Å². The van der Waals surface area contributed by atoms with Crippen LogP contribution in [-0.2, 0) is 6.54 Å². The number of ether oxygens (including phenoxy) is 1. The highest BCUT2D eigenvalue weighted by molar-refractivity contribution is 5.53. The van der Waals surface area contributed by atoms with Crippen LogP contribution in [0, 0.1) is 5.82 Å². The number of hydrogen-bond acceptors (Lipinski definition) is 4. The highest BCUT2D eigenvalue weighted by atomic mass is 19.1. The van der Waals surface area contributed by atoms with E-state index in [1.807, 2.05) is 13.8 Å². The van der Waals surface area contributed by atoms with E-state index in [1.54, 1.807) is 30.3 Å². The molecule has 5 heteroatoms. The number of benzene rings is 1. The minimum atomic E-state index is -0.242. The zero-order valence-electron chi connectivity index (χ0n) is 11.6. The summed E-state index contributed by atoms with van der Waals surface area (Å²) in [5.41, 5.74) is 6.86. The quantitative estimate of drug-likeness (QED) is 0.879. The van der Waals surface area contributed by atoms with Crippen molar-refractivity contribution in [3.05, 3.63) is 47.8 Å². The number of nitrogens with one attached hydrogen (secondary N) is 1. The third-order valence-electron chi connectivity index (χ3n) is 2.65. The van der Waals surface area contributed by atoms with Crippen molar-refractivity contribution in [2.24, 2.45) is 0 Å². The van der Waals surface area contributed by atoms with E-state index in [9.17, 15) is 4.39 Å². The molecule has 0 amide bonds. The first-order chi connectivity index (χ1) is 9.56. The van der Waals surface area contributed by atoms with Crippen molar-refractivity contribution in [3.63, 3.8) is 0 Å². The molecular formula is C15H18FN3O. The third kappa shape index (κ3) is 3.60. The van der Waals surface area contributed by atoms with Crippen LogP contribution in [0.4, 0.5) is 15.9 Å². The molecule has 0 fully saturated rings. The number of pyridine rings is 1. The largest absolute Gasteiger partial charge is 0.473 e. The van der Waals surface area contributed by atoms with Crippen molar-refractivity contribution < 1.29 is 9.13 Å². The van der Waals surface area contributed by atoms with Crippen LogP contribution in [0.5, 0.6) is 5.88 Å². The molecule has 1 aromatic carbocycles. The van der Waals surface area contributed by atoms with Gasteiger partial charge in [-0.05, 0) is 32.0 Å². The van der Waals surface area contributed by atoms with Gasteiger partial charge < -0.3 is 15.8 Å². The summed E-state index contributed by atoms with van der Waals surface area (Å²) < 4.78 is 19.0. The fraction of sp³-hybridized carbons (Fsp3) is 0.267. The summed E-state index contributed by atoms with van der Waals surface area (Å²) in [5, 5.41) is 3.06. The fourth-order valence-corrected chi connectivity index (χ4v) is 1.69. The van der Waals surface area contributed by atoms with Crippen molar-refractivity contribution >= 4 is 11.5 Å². The minimum absolute atomic E-state index is 0.00776. The van der Waals surface area contributed by atoms with Gasteiger partial charge in [-0.1, -0.05) is 18.2 Å². The molecule has 0 saturated heterocycles. The summed E-state index contributed by atoms with van der Waals surface area (Å²) in [6, 6.07) is 10.1. The van der Waals surface area contributed by atoms with Crippen LogP contribution >= 0.6 is 0 Å². The number of nitrogens with two attached hydrogens (primary N) is 1. The molecule has 0 radical (unpaired) electrons. The zero-order valence-corrected chi connectivity index (χ0v) is 11.6. The number of nitrogens with zero attached hydrogens (tertiary/aromatic N) is 1. The number of hydrogen-bond donors (Lipinski definition) is 2. The van der Waals surface area contributed by atoms with Crippen molar-refractivity contribution in [3.8, 4) is 5.88 Å². The molecule has 3 N–H and O–H groups in total. The van der Waals surface area contributed by atoms with Gasteiger partial charge in [-0.2, -0.15) is 4.98 Å². The molecule has 0 unspecified atom stereocenters. The van der Waals surface area contributed by atoms with Gasteiger partial charge in [-0.3, -0.25) is 0 Å². The van der Waals surface area contributed by atoms with E-state index < -0.39 is 0 Å². The Labute approximate surface area is 117 Å². The van der Waals surface area contributed by atoms with Gasteiger partial charge in [0.15, 0.2) is 0 Å². The molecule has 1 aromatic heterocycles. The van der Waals surface area contributed by atoms with E-state index in [-0.39, 0.29) is 11.9 Å². The maximum Gasteiger partial charge on any atom is 0.239 e. The van der Waals surface area contributed by atoms with E-state index in [4.69, 9.17) is 10.5 Å². The lowest BCUT2D eigenvalue weighted by Crippen LogP contribution is -2.10.